The Kier molecular flexibility index (Phi) is 6.53. The van der Waals surface area contributed by atoms with Gasteiger partial charge in [0.25, 0.3) is 5.91 Å². The van der Waals surface area contributed by atoms with Crippen LogP contribution in [0, 0.1) is 5.92 Å². The van der Waals surface area contributed by atoms with Crippen LogP contribution in [0.1, 0.15) is 33.6 Å². The molecule has 2 amide bonds. The van der Waals surface area contributed by atoms with E-state index in [0.717, 1.165) is 0 Å². The molecule has 1 fully saturated rings. The van der Waals surface area contributed by atoms with E-state index in [9.17, 15) is 9.59 Å². The maximum absolute atomic E-state index is 12.2. The van der Waals surface area contributed by atoms with Gasteiger partial charge in [0.2, 0.25) is 5.91 Å². The zero-order valence-electron chi connectivity index (χ0n) is 12.7. The van der Waals surface area contributed by atoms with E-state index in [1.165, 1.54) is 5.01 Å². The van der Waals surface area contributed by atoms with Crippen molar-refractivity contribution >= 4 is 11.8 Å². The summed E-state index contributed by atoms with van der Waals surface area (Å²) in [6, 6.07) is -1.98. The van der Waals surface area contributed by atoms with Gasteiger partial charge in [-0.15, -0.1) is 0 Å². The van der Waals surface area contributed by atoms with Crippen molar-refractivity contribution in [2.75, 3.05) is 6.54 Å². The van der Waals surface area contributed by atoms with Gasteiger partial charge >= 0.3 is 0 Å². The van der Waals surface area contributed by atoms with Crippen LogP contribution in [0.15, 0.2) is 0 Å². The standard InChI is InChI=1S/C13H26N4O4/c1-7(2)10(14)11(18)15-8(3)12(19)17-6-4-5-9(16-17)13(20)21/h7-10,13,16,20-21H,4-6,14H2,1-3H3,(H,15,18)/t8?,9-,10-/m0/s1. The predicted octanol–water partition coefficient (Wildman–Crippen LogP) is -1.72. The van der Waals surface area contributed by atoms with Crippen LogP contribution in [-0.2, 0) is 9.59 Å². The molecule has 0 aromatic heterocycles. The fourth-order valence-corrected chi connectivity index (χ4v) is 2.10. The molecule has 1 rings (SSSR count). The van der Waals surface area contributed by atoms with E-state index < -0.39 is 24.4 Å². The highest BCUT2D eigenvalue weighted by molar-refractivity contribution is 5.89. The minimum absolute atomic E-state index is 0.0191. The van der Waals surface area contributed by atoms with Crippen LogP contribution in [0.3, 0.4) is 0 Å². The Balaban J connectivity index is 2.56. The van der Waals surface area contributed by atoms with Crippen molar-refractivity contribution in [3.63, 3.8) is 0 Å². The lowest BCUT2D eigenvalue weighted by Gasteiger charge is -2.36. The number of carbonyl (C=O) groups excluding carboxylic acids is 2. The normalized spacial score (nSPS) is 22.3. The van der Waals surface area contributed by atoms with E-state index in [4.69, 9.17) is 15.9 Å². The summed E-state index contributed by atoms with van der Waals surface area (Å²) in [5, 5.41) is 22.2. The number of hydrogen-bond acceptors (Lipinski definition) is 6. The molecule has 1 aliphatic rings. The van der Waals surface area contributed by atoms with Crippen LogP contribution in [0.2, 0.25) is 0 Å². The average molecular weight is 302 g/mol. The Morgan fingerprint density at radius 1 is 1.33 bits per heavy atom. The summed E-state index contributed by atoms with van der Waals surface area (Å²) < 4.78 is 0. The number of nitrogens with two attached hydrogens (primary N) is 1. The van der Waals surface area contributed by atoms with Crippen molar-refractivity contribution in [2.24, 2.45) is 11.7 Å². The second-order valence-electron chi connectivity index (χ2n) is 5.78. The summed E-state index contributed by atoms with van der Waals surface area (Å²) in [6.07, 6.45) is -0.298. The Morgan fingerprint density at radius 2 is 1.95 bits per heavy atom. The summed E-state index contributed by atoms with van der Waals surface area (Å²) in [5.41, 5.74) is 8.49. The van der Waals surface area contributed by atoms with Crippen LogP contribution in [-0.4, -0.2) is 58.0 Å². The number of aliphatic hydroxyl groups is 2. The zero-order valence-corrected chi connectivity index (χ0v) is 12.7. The molecule has 8 nitrogen and oxygen atoms in total. The van der Waals surface area contributed by atoms with Crippen LogP contribution in [0.4, 0.5) is 0 Å². The predicted molar refractivity (Wildman–Crippen MR) is 76.5 cm³/mol. The van der Waals surface area contributed by atoms with E-state index in [2.05, 4.69) is 10.7 Å². The molecule has 0 spiro atoms. The number of nitrogens with one attached hydrogen (secondary N) is 2. The number of hydrazine groups is 1. The number of aliphatic hydroxyl groups excluding tert-OH is 1. The lowest BCUT2D eigenvalue weighted by atomic mass is 10.0. The molecule has 1 saturated heterocycles. The van der Waals surface area contributed by atoms with Gasteiger partial charge in [0.05, 0.1) is 12.1 Å². The van der Waals surface area contributed by atoms with Gasteiger partial charge in [-0.3, -0.25) is 14.6 Å². The van der Waals surface area contributed by atoms with E-state index >= 15 is 0 Å². The first kappa shape index (κ1) is 17.8. The van der Waals surface area contributed by atoms with Crippen molar-refractivity contribution in [1.29, 1.82) is 0 Å². The first-order chi connectivity index (χ1) is 9.73. The van der Waals surface area contributed by atoms with Crippen LogP contribution in [0.5, 0.6) is 0 Å². The monoisotopic (exact) mass is 302 g/mol. The highest BCUT2D eigenvalue weighted by atomic mass is 16.5. The smallest absolute Gasteiger partial charge is 0.258 e. The van der Waals surface area contributed by atoms with E-state index in [1.807, 2.05) is 13.8 Å². The Bertz CT molecular complexity index is 375. The molecule has 122 valence electrons. The highest BCUT2D eigenvalue weighted by Crippen LogP contribution is 2.10. The van der Waals surface area contributed by atoms with Crippen LogP contribution >= 0.6 is 0 Å². The van der Waals surface area contributed by atoms with Gasteiger partial charge in [-0.2, -0.15) is 0 Å². The number of amides is 2. The summed E-state index contributed by atoms with van der Waals surface area (Å²) in [6.45, 7) is 5.69. The molecule has 0 aliphatic carbocycles. The van der Waals surface area contributed by atoms with E-state index in [-0.39, 0.29) is 17.7 Å². The molecule has 0 saturated carbocycles. The Morgan fingerprint density at radius 3 is 2.48 bits per heavy atom. The summed E-state index contributed by atoms with van der Waals surface area (Å²) in [7, 11) is 0. The summed E-state index contributed by atoms with van der Waals surface area (Å²) >= 11 is 0. The van der Waals surface area contributed by atoms with Gasteiger partial charge in [0.15, 0.2) is 6.29 Å². The van der Waals surface area contributed by atoms with E-state index in [1.54, 1.807) is 6.92 Å². The minimum Gasteiger partial charge on any atom is -0.367 e. The van der Waals surface area contributed by atoms with Crippen molar-refractivity contribution < 1.29 is 19.8 Å². The molecule has 1 heterocycles. The minimum atomic E-state index is -1.53. The molecular weight excluding hydrogens is 276 g/mol. The molecule has 0 bridgehead atoms. The number of hydrogen-bond donors (Lipinski definition) is 5. The quantitative estimate of drug-likeness (QED) is 0.384. The lowest BCUT2D eigenvalue weighted by Crippen LogP contribution is -2.60. The third kappa shape index (κ3) is 4.92. The topological polar surface area (TPSA) is 128 Å². The first-order valence-corrected chi connectivity index (χ1v) is 7.23. The van der Waals surface area contributed by atoms with Crippen LogP contribution in [0.25, 0.3) is 0 Å². The fraction of sp³-hybridized carbons (Fsp3) is 0.846. The van der Waals surface area contributed by atoms with Gasteiger partial charge in [-0.05, 0) is 25.7 Å². The second kappa shape index (κ2) is 7.69. The van der Waals surface area contributed by atoms with E-state index in [0.29, 0.717) is 19.4 Å². The van der Waals surface area contributed by atoms with Gasteiger partial charge in [0, 0.05) is 6.54 Å². The maximum atomic E-state index is 12.2. The molecular formula is C13H26N4O4. The Labute approximate surface area is 124 Å². The van der Waals surface area contributed by atoms with Gasteiger partial charge < -0.3 is 21.3 Å². The SMILES string of the molecule is CC(NC(=O)[C@@H](N)C(C)C)C(=O)N1CCC[C@@H](C(O)O)N1. The molecule has 1 unspecified atom stereocenters. The Hall–Kier alpha value is -1.22. The average Bonchev–Trinajstić information content (AvgIpc) is 2.45. The molecule has 0 radical (unpaired) electrons. The molecule has 0 aromatic carbocycles. The molecule has 21 heavy (non-hydrogen) atoms. The summed E-state index contributed by atoms with van der Waals surface area (Å²) in [4.78, 5) is 24.1. The van der Waals surface area contributed by atoms with Crippen molar-refractivity contribution in [1.82, 2.24) is 15.8 Å². The van der Waals surface area contributed by atoms with Crippen molar-refractivity contribution in [2.45, 2.75) is 58.0 Å². The van der Waals surface area contributed by atoms with Gasteiger partial charge in [0.1, 0.15) is 6.04 Å². The number of rotatable bonds is 5. The summed E-state index contributed by atoms with van der Waals surface area (Å²) in [5.74, 6) is -0.722. The maximum Gasteiger partial charge on any atom is 0.258 e. The molecule has 8 heteroatoms. The molecule has 6 N–H and O–H groups in total. The zero-order chi connectivity index (χ0) is 16.2. The molecule has 0 aromatic rings. The van der Waals surface area contributed by atoms with Crippen LogP contribution < -0.4 is 16.5 Å². The first-order valence-electron chi connectivity index (χ1n) is 7.23. The second-order valence-corrected chi connectivity index (χ2v) is 5.78. The van der Waals surface area contributed by atoms with Crippen molar-refractivity contribution in [3.05, 3.63) is 0 Å². The fourth-order valence-electron chi connectivity index (χ4n) is 2.10. The lowest BCUT2D eigenvalue weighted by molar-refractivity contribution is -0.147. The largest absolute Gasteiger partial charge is 0.367 e. The van der Waals surface area contributed by atoms with Gasteiger partial charge in [-0.1, -0.05) is 13.8 Å². The third-order valence-corrected chi connectivity index (χ3v) is 3.59. The molecule has 1 aliphatic heterocycles. The highest BCUT2D eigenvalue weighted by Gasteiger charge is 2.30. The van der Waals surface area contributed by atoms with Crippen molar-refractivity contribution in [3.8, 4) is 0 Å². The van der Waals surface area contributed by atoms with Gasteiger partial charge in [-0.25, -0.2) is 5.43 Å². The molecule has 3 atom stereocenters. The third-order valence-electron chi connectivity index (χ3n) is 3.59. The number of carbonyl (C=O) groups is 2. The number of nitrogens with zero attached hydrogens (tertiary/aromatic N) is 1.